The lowest BCUT2D eigenvalue weighted by Gasteiger charge is -2.40. The fraction of sp³-hybridized carbons (Fsp3) is 0.708. The van der Waals surface area contributed by atoms with Gasteiger partial charge in [0.05, 0.1) is 12.2 Å². The van der Waals surface area contributed by atoms with Crippen LogP contribution in [0.3, 0.4) is 0 Å². The number of rotatable bonds is 15. The van der Waals surface area contributed by atoms with Gasteiger partial charge in [0.25, 0.3) is 0 Å². The Hall–Kier alpha value is -6.95. The molecular weight excluding hydrogens is 1140 g/mol. The molecule has 89 heavy (non-hydrogen) atoms. The summed E-state index contributed by atoms with van der Waals surface area (Å²) in [5.41, 5.74) is 0.332. The minimum Gasteiger partial charge on any atom is -0.391 e. The SMILES string of the molecule is C/C=C/C[C@@H](C)[C@@H](O)[C@H]1C(=O)N[C@@H]([C@@H](C)O)C(=O)N(C)[C@H](C)C(=O)N(C)[C@@H](c2ccccc2)C(=O)N[C@@H](CC(C)C)C(=O)N(C)[C@@H](CC(C)C)C(=O)N[C@@H](C)C(=O)N[C@H](C)C(=O)N(C)[C@@H](CC(C)C)C(=O)N[C@@H](CC(C)C)C(=O)N(C)[C@@H](C(C)C)C(=O)N1C. The van der Waals surface area contributed by atoms with E-state index in [4.69, 9.17) is 0 Å². The number of aliphatic hydroxyl groups is 2. The Morgan fingerprint density at radius 2 is 0.888 bits per heavy atom. The van der Waals surface area contributed by atoms with Crippen molar-refractivity contribution in [1.29, 1.82) is 0 Å². The molecule has 502 valence electrons. The van der Waals surface area contributed by atoms with Crippen LogP contribution in [0.15, 0.2) is 42.5 Å². The maximum Gasteiger partial charge on any atom is 0.248 e. The van der Waals surface area contributed by atoms with Crippen LogP contribution in [0.4, 0.5) is 0 Å². The van der Waals surface area contributed by atoms with Crippen LogP contribution in [0.1, 0.15) is 154 Å². The number of hydrogen-bond donors (Lipinski definition) is 7. The first-order chi connectivity index (χ1) is 41.2. The first kappa shape index (κ1) is 78.1. The highest BCUT2D eigenvalue weighted by molar-refractivity contribution is 6.00. The van der Waals surface area contributed by atoms with Gasteiger partial charge in [-0.1, -0.05) is 119 Å². The number of hydrogen-bond acceptors (Lipinski definition) is 13. The summed E-state index contributed by atoms with van der Waals surface area (Å²) in [4.78, 5) is 168. The molecular formula is C65H109N11O13. The summed E-state index contributed by atoms with van der Waals surface area (Å²) in [5, 5.41) is 37.1. The van der Waals surface area contributed by atoms with E-state index in [2.05, 4.69) is 26.6 Å². The van der Waals surface area contributed by atoms with Crippen molar-refractivity contribution >= 4 is 65.0 Å². The number of likely N-dealkylation sites (N-methyl/N-ethyl adjacent to an activating group) is 6. The van der Waals surface area contributed by atoms with Gasteiger partial charge in [0.2, 0.25) is 65.0 Å². The summed E-state index contributed by atoms with van der Waals surface area (Å²) < 4.78 is 0. The fourth-order valence-electron chi connectivity index (χ4n) is 11.1. The highest BCUT2D eigenvalue weighted by atomic mass is 16.3. The highest BCUT2D eigenvalue weighted by Gasteiger charge is 2.46. The minimum absolute atomic E-state index is 0.0882. The third kappa shape index (κ3) is 21.6. The molecule has 0 aromatic heterocycles. The van der Waals surface area contributed by atoms with Gasteiger partial charge in [-0.2, -0.15) is 0 Å². The number of allylic oxidation sites excluding steroid dienone is 2. The molecule has 11 amide bonds. The zero-order chi connectivity index (χ0) is 68.4. The lowest BCUT2D eigenvalue weighted by atomic mass is 9.91. The molecule has 0 spiro atoms. The number of benzene rings is 1. The maximum atomic E-state index is 15.1. The fourth-order valence-corrected chi connectivity index (χ4v) is 11.1. The Labute approximate surface area is 529 Å². The van der Waals surface area contributed by atoms with Crippen molar-refractivity contribution in [2.24, 2.45) is 35.5 Å². The topological polar surface area (TPSA) is 308 Å². The van der Waals surface area contributed by atoms with Gasteiger partial charge >= 0.3 is 0 Å². The van der Waals surface area contributed by atoms with Crippen LogP contribution in [-0.4, -0.2) is 220 Å². The average Bonchev–Trinajstić information content (AvgIpc) is 1.74. The van der Waals surface area contributed by atoms with E-state index in [0.717, 1.165) is 14.7 Å². The second-order valence-corrected chi connectivity index (χ2v) is 26.4. The number of carbonyl (C=O) groups is 11. The van der Waals surface area contributed by atoms with E-state index in [1.165, 1.54) is 84.7 Å². The van der Waals surface area contributed by atoms with E-state index < -0.39 is 155 Å². The van der Waals surface area contributed by atoms with Gasteiger partial charge in [-0.25, -0.2) is 0 Å². The second-order valence-electron chi connectivity index (χ2n) is 26.4. The van der Waals surface area contributed by atoms with Crippen molar-refractivity contribution in [2.75, 3.05) is 42.3 Å². The van der Waals surface area contributed by atoms with E-state index in [9.17, 15) is 58.2 Å². The first-order valence-corrected chi connectivity index (χ1v) is 31.4. The molecule has 0 aliphatic carbocycles. The van der Waals surface area contributed by atoms with E-state index in [-0.39, 0.29) is 55.8 Å². The zero-order valence-corrected chi connectivity index (χ0v) is 57.1. The molecule has 0 saturated carbocycles. The summed E-state index contributed by atoms with van der Waals surface area (Å²) in [6.07, 6.45) is 0.950. The largest absolute Gasteiger partial charge is 0.391 e. The third-order valence-corrected chi connectivity index (χ3v) is 16.5. The summed E-state index contributed by atoms with van der Waals surface area (Å²) in [7, 11) is 8.11. The molecule has 0 radical (unpaired) electrons. The van der Waals surface area contributed by atoms with Crippen LogP contribution in [-0.2, 0) is 52.7 Å². The number of carbonyl (C=O) groups excluding carboxylic acids is 11. The average molecular weight is 1250 g/mol. The third-order valence-electron chi connectivity index (χ3n) is 16.5. The molecule has 1 aromatic carbocycles. The van der Waals surface area contributed by atoms with Crippen LogP contribution >= 0.6 is 0 Å². The molecule has 2 rings (SSSR count). The quantitative estimate of drug-likeness (QED) is 0.125. The molecule has 1 aromatic rings. The lowest BCUT2D eigenvalue weighted by Crippen LogP contribution is -2.64. The van der Waals surface area contributed by atoms with Crippen molar-refractivity contribution in [3.63, 3.8) is 0 Å². The van der Waals surface area contributed by atoms with Crippen molar-refractivity contribution in [1.82, 2.24) is 56.0 Å². The van der Waals surface area contributed by atoms with E-state index in [1.54, 1.807) is 70.2 Å². The van der Waals surface area contributed by atoms with Crippen molar-refractivity contribution in [3.8, 4) is 0 Å². The highest BCUT2D eigenvalue weighted by Crippen LogP contribution is 2.26. The van der Waals surface area contributed by atoms with E-state index in [0.29, 0.717) is 5.56 Å². The number of nitrogens with zero attached hydrogens (tertiary/aromatic N) is 6. The summed E-state index contributed by atoms with van der Waals surface area (Å²) in [6, 6.07) is -6.79. The Balaban J connectivity index is 3.05. The molecule has 14 atom stereocenters. The van der Waals surface area contributed by atoms with Gasteiger partial charge in [-0.05, 0) is 108 Å². The van der Waals surface area contributed by atoms with Crippen LogP contribution in [0.5, 0.6) is 0 Å². The van der Waals surface area contributed by atoms with E-state index in [1.807, 2.05) is 55.4 Å². The number of amides is 11. The van der Waals surface area contributed by atoms with Crippen molar-refractivity contribution < 1.29 is 63.0 Å². The standard InChI is InChI=1S/C65H109N11O13/c1-23-24-28-40(12)54(78)53-59(83)70-50(44(16)77)64(88)71(17)43(15)61(85)75(21)52(45-29-26-25-27-30-45)58(82)69-46(31-35(2)3)62(86)73(19)48(33-37(6)7)56(80)66-41(13)55(79)67-42(14)60(84)72(18)49(34-38(8)9)57(81)68-47(32-36(4)5)63(87)74(20)51(39(10)11)65(89)76(53)22/h23-27,29-30,35-44,46-54,77-78H,28,31-34H2,1-22H3,(H,66,80)(H,67,79)(H,68,81)(H,69,82)(H,70,83)/b24-23+/t40-,41+,42-,43-,44-,46+,47+,48+,49+,50+,51+,52+,53+,54-/m1/s1. The molecule has 1 aliphatic rings. The molecule has 24 heteroatoms. The molecule has 0 unspecified atom stereocenters. The molecule has 1 heterocycles. The Morgan fingerprint density at radius 1 is 0.449 bits per heavy atom. The van der Waals surface area contributed by atoms with Gasteiger partial charge in [-0.15, -0.1) is 0 Å². The van der Waals surface area contributed by atoms with Crippen LogP contribution < -0.4 is 26.6 Å². The summed E-state index contributed by atoms with van der Waals surface area (Å²) in [5.74, 6) is -10.6. The second kappa shape index (κ2) is 35.4. The van der Waals surface area contributed by atoms with Crippen molar-refractivity contribution in [3.05, 3.63) is 48.0 Å². The first-order valence-electron chi connectivity index (χ1n) is 31.4. The molecule has 24 nitrogen and oxygen atoms in total. The monoisotopic (exact) mass is 1250 g/mol. The Morgan fingerprint density at radius 3 is 1.35 bits per heavy atom. The minimum atomic E-state index is -1.78. The molecule has 1 saturated heterocycles. The molecule has 1 fully saturated rings. The van der Waals surface area contributed by atoms with Gasteiger partial charge in [0, 0.05) is 42.3 Å². The van der Waals surface area contributed by atoms with E-state index >= 15 is 4.79 Å². The summed E-state index contributed by atoms with van der Waals surface area (Å²) >= 11 is 0. The normalized spacial score (nSPS) is 27.2. The molecule has 1 aliphatic heterocycles. The Kier molecular flexibility index (Phi) is 31.1. The Bertz CT molecular complexity index is 2610. The van der Waals surface area contributed by atoms with Crippen LogP contribution in [0.2, 0.25) is 0 Å². The van der Waals surface area contributed by atoms with Crippen LogP contribution in [0, 0.1) is 35.5 Å². The van der Waals surface area contributed by atoms with Crippen LogP contribution in [0.25, 0.3) is 0 Å². The smallest absolute Gasteiger partial charge is 0.248 e. The van der Waals surface area contributed by atoms with Gasteiger partial charge in [0.1, 0.15) is 66.5 Å². The maximum absolute atomic E-state index is 15.1. The van der Waals surface area contributed by atoms with Gasteiger partial charge < -0.3 is 66.2 Å². The number of aliphatic hydroxyl groups excluding tert-OH is 2. The predicted octanol–water partition coefficient (Wildman–Crippen LogP) is 3.00. The van der Waals surface area contributed by atoms with Gasteiger partial charge in [0.15, 0.2) is 0 Å². The van der Waals surface area contributed by atoms with Crippen molar-refractivity contribution in [2.45, 2.75) is 222 Å². The molecule has 0 bridgehead atoms. The molecule has 7 N–H and O–H groups in total. The zero-order valence-electron chi connectivity index (χ0n) is 57.1. The van der Waals surface area contributed by atoms with Gasteiger partial charge in [-0.3, -0.25) is 52.7 Å². The lowest BCUT2D eigenvalue weighted by molar-refractivity contribution is -0.155. The predicted molar refractivity (Wildman–Crippen MR) is 340 cm³/mol. The number of nitrogens with one attached hydrogen (secondary N) is 5. The summed E-state index contributed by atoms with van der Waals surface area (Å²) in [6.45, 7) is 27.0.